The smallest absolute Gasteiger partial charge is 0.327 e. The van der Waals surface area contributed by atoms with E-state index in [0.29, 0.717) is 13.2 Å². The molecule has 0 aliphatic rings. The van der Waals surface area contributed by atoms with E-state index in [0.717, 1.165) is 26.1 Å². The van der Waals surface area contributed by atoms with Gasteiger partial charge in [0.25, 0.3) is 0 Å². The van der Waals surface area contributed by atoms with Crippen LogP contribution in [0.15, 0.2) is 0 Å². The lowest BCUT2D eigenvalue weighted by Crippen LogP contribution is -2.57. The van der Waals surface area contributed by atoms with Crippen LogP contribution >= 0.6 is 0 Å². The van der Waals surface area contributed by atoms with Gasteiger partial charge in [-0.3, -0.25) is 9.69 Å². The van der Waals surface area contributed by atoms with E-state index in [1.165, 1.54) is 0 Å². The Morgan fingerprint density at radius 3 is 2.26 bits per heavy atom. The Hall–Kier alpha value is -0.650. The van der Waals surface area contributed by atoms with Crippen LogP contribution in [-0.4, -0.2) is 75.2 Å². The molecule has 1 atom stereocenters. The van der Waals surface area contributed by atoms with E-state index < -0.39 is 5.54 Å². The van der Waals surface area contributed by atoms with Crippen molar-refractivity contribution in [2.45, 2.75) is 32.7 Å². The number of ether oxygens (including phenoxy) is 1. The summed E-state index contributed by atoms with van der Waals surface area (Å²) in [6, 6.07) is 0. The molecule has 0 aromatic rings. The highest BCUT2D eigenvalue weighted by Gasteiger charge is 2.34. The van der Waals surface area contributed by atoms with Gasteiger partial charge in [-0.1, -0.05) is 6.92 Å². The van der Waals surface area contributed by atoms with Crippen LogP contribution in [-0.2, 0) is 9.53 Å². The molecule has 0 aromatic heterocycles. The zero-order chi connectivity index (χ0) is 14.9. The van der Waals surface area contributed by atoms with Crippen molar-refractivity contribution in [2.24, 2.45) is 0 Å². The lowest BCUT2D eigenvalue weighted by atomic mass is 10.0. The van der Waals surface area contributed by atoms with Crippen molar-refractivity contribution < 1.29 is 9.53 Å². The highest BCUT2D eigenvalue weighted by Crippen LogP contribution is 2.10. The topological polar surface area (TPSA) is 44.8 Å². The molecule has 0 aliphatic heterocycles. The minimum absolute atomic E-state index is 0.177. The fourth-order valence-corrected chi connectivity index (χ4v) is 1.91. The number of hydrogen-bond donors (Lipinski definition) is 1. The van der Waals surface area contributed by atoms with Gasteiger partial charge in [-0.05, 0) is 48.0 Å². The van der Waals surface area contributed by atoms with Crippen molar-refractivity contribution in [2.75, 3.05) is 53.9 Å². The number of esters is 1. The number of carbonyl (C=O) groups excluding carboxylic acids is 1. The van der Waals surface area contributed by atoms with Gasteiger partial charge >= 0.3 is 5.97 Å². The maximum Gasteiger partial charge on any atom is 0.327 e. The average molecular weight is 273 g/mol. The SMILES string of the molecule is CCCN(CCN(C)C)CC(C)(NC)C(=O)OCC. The van der Waals surface area contributed by atoms with Crippen molar-refractivity contribution in [3.63, 3.8) is 0 Å². The first-order chi connectivity index (χ1) is 8.89. The first kappa shape index (κ1) is 18.4. The Labute approximate surface area is 118 Å². The standard InChI is InChI=1S/C14H31N3O2/c1-7-9-17(11-10-16(5)6)12-14(3,15-4)13(18)19-8-2/h15H,7-12H2,1-6H3. The second-order valence-corrected chi connectivity index (χ2v) is 5.38. The van der Waals surface area contributed by atoms with Crippen LogP contribution < -0.4 is 5.32 Å². The van der Waals surface area contributed by atoms with Crippen LogP contribution in [0.5, 0.6) is 0 Å². The average Bonchev–Trinajstić information content (AvgIpc) is 2.36. The second-order valence-electron chi connectivity index (χ2n) is 5.38. The number of carbonyl (C=O) groups is 1. The van der Waals surface area contributed by atoms with Gasteiger partial charge in [0, 0.05) is 19.6 Å². The molecule has 0 spiro atoms. The number of nitrogens with one attached hydrogen (secondary N) is 1. The second kappa shape index (κ2) is 9.28. The molecule has 0 saturated carbocycles. The molecule has 0 amide bonds. The van der Waals surface area contributed by atoms with Gasteiger partial charge in [-0.2, -0.15) is 0 Å². The molecule has 0 bridgehead atoms. The molecule has 0 radical (unpaired) electrons. The van der Waals surface area contributed by atoms with Gasteiger partial charge in [0.15, 0.2) is 0 Å². The zero-order valence-corrected chi connectivity index (χ0v) is 13.5. The minimum Gasteiger partial charge on any atom is -0.465 e. The number of hydrogen-bond acceptors (Lipinski definition) is 5. The Morgan fingerprint density at radius 2 is 1.84 bits per heavy atom. The van der Waals surface area contributed by atoms with Crippen molar-refractivity contribution in [1.29, 1.82) is 0 Å². The Morgan fingerprint density at radius 1 is 1.21 bits per heavy atom. The molecule has 5 nitrogen and oxygen atoms in total. The zero-order valence-electron chi connectivity index (χ0n) is 13.5. The summed E-state index contributed by atoms with van der Waals surface area (Å²) in [6.45, 7) is 9.92. The van der Waals surface area contributed by atoms with Crippen LogP contribution in [0.4, 0.5) is 0 Å². The molecule has 0 heterocycles. The first-order valence-electron chi connectivity index (χ1n) is 7.12. The van der Waals surface area contributed by atoms with E-state index in [2.05, 4.69) is 36.1 Å². The molecule has 0 saturated heterocycles. The maximum atomic E-state index is 12.1. The molecule has 5 heteroatoms. The van der Waals surface area contributed by atoms with Gasteiger partial charge in [-0.15, -0.1) is 0 Å². The van der Waals surface area contributed by atoms with Gasteiger partial charge in [0.05, 0.1) is 6.61 Å². The van der Waals surface area contributed by atoms with Gasteiger partial charge in [0.2, 0.25) is 0 Å². The van der Waals surface area contributed by atoms with E-state index in [4.69, 9.17) is 4.74 Å². The number of likely N-dealkylation sites (N-methyl/N-ethyl adjacent to an activating group) is 2. The summed E-state index contributed by atoms with van der Waals surface area (Å²) >= 11 is 0. The Kier molecular flexibility index (Phi) is 8.97. The van der Waals surface area contributed by atoms with Crippen LogP contribution in [0.3, 0.4) is 0 Å². The van der Waals surface area contributed by atoms with Crippen molar-refractivity contribution in [1.82, 2.24) is 15.1 Å². The molecule has 1 N–H and O–H groups in total. The third-order valence-electron chi connectivity index (χ3n) is 3.22. The van der Waals surface area contributed by atoms with Gasteiger partial charge in [-0.25, -0.2) is 0 Å². The quantitative estimate of drug-likeness (QED) is 0.597. The van der Waals surface area contributed by atoms with Crippen molar-refractivity contribution >= 4 is 5.97 Å². The summed E-state index contributed by atoms with van der Waals surface area (Å²) in [5, 5.41) is 3.11. The Bertz CT molecular complexity index is 259. The molecule has 0 aliphatic carbocycles. The number of rotatable bonds is 10. The highest BCUT2D eigenvalue weighted by molar-refractivity contribution is 5.80. The predicted molar refractivity (Wildman–Crippen MR) is 79.4 cm³/mol. The summed E-state index contributed by atoms with van der Waals surface area (Å²) in [5.74, 6) is -0.177. The molecular formula is C14H31N3O2. The highest BCUT2D eigenvalue weighted by atomic mass is 16.5. The largest absolute Gasteiger partial charge is 0.465 e. The van der Waals surface area contributed by atoms with Crippen LogP contribution in [0.1, 0.15) is 27.2 Å². The summed E-state index contributed by atoms with van der Waals surface area (Å²) in [4.78, 5) is 16.5. The summed E-state index contributed by atoms with van der Waals surface area (Å²) in [7, 11) is 5.94. The van der Waals surface area contributed by atoms with Crippen molar-refractivity contribution in [3.8, 4) is 0 Å². The number of nitrogens with zero attached hydrogens (tertiary/aromatic N) is 2. The Balaban J connectivity index is 4.61. The van der Waals surface area contributed by atoms with Crippen LogP contribution in [0, 0.1) is 0 Å². The fourth-order valence-electron chi connectivity index (χ4n) is 1.91. The summed E-state index contributed by atoms with van der Waals surface area (Å²) in [6.07, 6.45) is 1.08. The molecule has 114 valence electrons. The maximum absolute atomic E-state index is 12.1. The first-order valence-corrected chi connectivity index (χ1v) is 7.12. The third kappa shape index (κ3) is 6.89. The van der Waals surface area contributed by atoms with Crippen LogP contribution in [0.2, 0.25) is 0 Å². The normalized spacial score (nSPS) is 14.7. The predicted octanol–water partition coefficient (Wildman–Crippen LogP) is 0.801. The van der Waals surface area contributed by atoms with E-state index in [9.17, 15) is 4.79 Å². The lowest BCUT2D eigenvalue weighted by molar-refractivity contribution is -0.151. The minimum atomic E-state index is -0.641. The van der Waals surface area contributed by atoms with Gasteiger partial charge in [0.1, 0.15) is 5.54 Å². The van der Waals surface area contributed by atoms with E-state index in [-0.39, 0.29) is 5.97 Å². The monoisotopic (exact) mass is 273 g/mol. The molecule has 0 aromatic carbocycles. The van der Waals surface area contributed by atoms with E-state index in [1.807, 2.05) is 20.9 Å². The lowest BCUT2D eigenvalue weighted by Gasteiger charge is -2.33. The molecule has 0 fully saturated rings. The molecule has 19 heavy (non-hydrogen) atoms. The van der Waals surface area contributed by atoms with E-state index in [1.54, 1.807) is 0 Å². The molecule has 0 rings (SSSR count). The van der Waals surface area contributed by atoms with Gasteiger partial charge < -0.3 is 15.0 Å². The van der Waals surface area contributed by atoms with Crippen LogP contribution in [0.25, 0.3) is 0 Å². The molecule has 1 unspecified atom stereocenters. The summed E-state index contributed by atoms with van der Waals surface area (Å²) in [5.41, 5.74) is -0.641. The molecular weight excluding hydrogens is 242 g/mol. The summed E-state index contributed by atoms with van der Waals surface area (Å²) < 4.78 is 5.16. The third-order valence-corrected chi connectivity index (χ3v) is 3.22. The fraction of sp³-hybridized carbons (Fsp3) is 0.929. The van der Waals surface area contributed by atoms with E-state index >= 15 is 0 Å². The van der Waals surface area contributed by atoms with Crippen molar-refractivity contribution in [3.05, 3.63) is 0 Å².